The molecule has 0 radical (unpaired) electrons. The van der Waals surface area contributed by atoms with Gasteiger partial charge in [-0.15, -0.1) is 0 Å². The minimum Gasteiger partial charge on any atom is -0.478 e. The molecule has 0 spiro atoms. The third kappa shape index (κ3) is 4.18. The minimum atomic E-state index is -0.952. The molecule has 0 fully saturated rings. The molecule has 1 aromatic heterocycles. The van der Waals surface area contributed by atoms with Crippen LogP contribution >= 0.6 is 0 Å². The van der Waals surface area contributed by atoms with Crippen LogP contribution in [0.3, 0.4) is 0 Å². The van der Waals surface area contributed by atoms with Gasteiger partial charge in [-0.1, -0.05) is 26.0 Å². The third-order valence-electron chi connectivity index (χ3n) is 3.60. The molecule has 0 aliphatic heterocycles. The number of aromatic nitrogens is 2. The molecule has 122 valence electrons. The first-order valence-corrected chi connectivity index (χ1v) is 7.53. The van der Waals surface area contributed by atoms with Crippen molar-refractivity contribution in [1.82, 2.24) is 15.1 Å². The lowest BCUT2D eigenvalue weighted by atomic mass is 10.1. The second-order valence-electron chi connectivity index (χ2n) is 5.74. The van der Waals surface area contributed by atoms with Gasteiger partial charge in [0.05, 0.1) is 11.3 Å². The number of hydrogen-bond donors (Lipinski definition) is 2. The maximum absolute atomic E-state index is 12.2. The zero-order valence-electron chi connectivity index (χ0n) is 13.5. The van der Waals surface area contributed by atoms with Crippen LogP contribution in [0.5, 0.6) is 0 Å². The van der Waals surface area contributed by atoms with Crippen molar-refractivity contribution in [3.05, 3.63) is 52.8 Å². The van der Waals surface area contributed by atoms with Gasteiger partial charge in [-0.05, 0) is 36.1 Å². The van der Waals surface area contributed by atoms with Crippen LogP contribution in [0, 0.1) is 0 Å². The van der Waals surface area contributed by atoms with E-state index < -0.39 is 5.97 Å². The summed E-state index contributed by atoms with van der Waals surface area (Å²) in [4.78, 5) is 23.1. The van der Waals surface area contributed by atoms with Gasteiger partial charge in [0, 0.05) is 13.6 Å². The monoisotopic (exact) mass is 315 g/mol. The Morgan fingerprint density at radius 2 is 2.04 bits per heavy atom. The Balaban J connectivity index is 1.95. The molecule has 2 aromatic rings. The number of carboxylic acids is 1. The standard InChI is InChI=1S/C17H21N3O3/c1-11(2)14-10-15(20(3)19-14)16(21)18-8-7-12-5-4-6-13(9-12)17(22)23/h4-6,9-11H,7-8H2,1-3H3,(H,18,21)(H,22,23). The van der Waals surface area contributed by atoms with E-state index in [0.29, 0.717) is 18.7 Å². The SMILES string of the molecule is CC(C)c1cc(C(=O)NCCc2cccc(C(=O)O)c2)n(C)n1. The molecule has 0 aliphatic carbocycles. The highest BCUT2D eigenvalue weighted by Gasteiger charge is 2.14. The second kappa shape index (κ2) is 7.09. The van der Waals surface area contributed by atoms with Crippen molar-refractivity contribution < 1.29 is 14.7 Å². The van der Waals surface area contributed by atoms with Crippen molar-refractivity contribution in [2.45, 2.75) is 26.2 Å². The molecule has 6 nitrogen and oxygen atoms in total. The highest BCUT2D eigenvalue weighted by Crippen LogP contribution is 2.13. The molecule has 0 saturated heterocycles. The van der Waals surface area contributed by atoms with Gasteiger partial charge in [-0.3, -0.25) is 9.48 Å². The van der Waals surface area contributed by atoms with Crippen LogP contribution in [-0.4, -0.2) is 33.3 Å². The molecular weight excluding hydrogens is 294 g/mol. The number of carboxylic acid groups (broad SMARTS) is 1. The van der Waals surface area contributed by atoms with Gasteiger partial charge in [0.1, 0.15) is 5.69 Å². The first-order chi connectivity index (χ1) is 10.9. The molecule has 2 rings (SSSR count). The fraction of sp³-hybridized carbons (Fsp3) is 0.353. The fourth-order valence-electron chi connectivity index (χ4n) is 2.25. The van der Waals surface area contributed by atoms with Crippen LogP contribution in [0.25, 0.3) is 0 Å². The number of carbonyl (C=O) groups is 2. The van der Waals surface area contributed by atoms with Crippen LogP contribution in [-0.2, 0) is 13.5 Å². The summed E-state index contributed by atoms with van der Waals surface area (Å²) in [6, 6.07) is 8.52. The average Bonchev–Trinajstić information content (AvgIpc) is 2.90. The van der Waals surface area contributed by atoms with Crippen molar-refractivity contribution in [2.75, 3.05) is 6.54 Å². The number of nitrogens with zero attached hydrogens (tertiary/aromatic N) is 2. The summed E-state index contributed by atoms with van der Waals surface area (Å²) in [6.07, 6.45) is 0.571. The normalized spacial score (nSPS) is 10.8. The molecule has 1 amide bonds. The van der Waals surface area contributed by atoms with E-state index in [2.05, 4.69) is 10.4 Å². The van der Waals surface area contributed by atoms with Gasteiger partial charge >= 0.3 is 5.97 Å². The summed E-state index contributed by atoms with van der Waals surface area (Å²) in [5.74, 6) is -0.866. The Morgan fingerprint density at radius 3 is 2.65 bits per heavy atom. The zero-order valence-corrected chi connectivity index (χ0v) is 13.5. The summed E-state index contributed by atoms with van der Waals surface area (Å²) >= 11 is 0. The molecule has 6 heteroatoms. The Morgan fingerprint density at radius 1 is 1.30 bits per heavy atom. The highest BCUT2D eigenvalue weighted by atomic mass is 16.4. The molecule has 0 bridgehead atoms. The van der Waals surface area contributed by atoms with E-state index in [1.165, 1.54) is 0 Å². The minimum absolute atomic E-state index is 0.179. The Hall–Kier alpha value is -2.63. The van der Waals surface area contributed by atoms with Crippen LogP contribution < -0.4 is 5.32 Å². The first kappa shape index (κ1) is 16.7. The number of rotatable bonds is 6. The smallest absolute Gasteiger partial charge is 0.335 e. The topological polar surface area (TPSA) is 84.2 Å². The number of amides is 1. The number of carbonyl (C=O) groups excluding carboxylic acids is 1. The molecule has 1 heterocycles. The van der Waals surface area contributed by atoms with Crippen LogP contribution in [0.2, 0.25) is 0 Å². The summed E-state index contributed by atoms with van der Waals surface area (Å²) < 4.78 is 1.58. The van der Waals surface area contributed by atoms with Crippen LogP contribution in [0.4, 0.5) is 0 Å². The Kier molecular flexibility index (Phi) is 5.16. The molecule has 0 unspecified atom stereocenters. The summed E-state index contributed by atoms with van der Waals surface area (Å²) in [5.41, 5.74) is 2.53. The van der Waals surface area contributed by atoms with Gasteiger partial charge in [-0.25, -0.2) is 4.79 Å². The molecule has 23 heavy (non-hydrogen) atoms. The molecule has 0 saturated carbocycles. The van der Waals surface area contributed by atoms with Crippen molar-refractivity contribution in [1.29, 1.82) is 0 Å². The van der Waals surface area contributed by atoms with Crippen molar-refractivity contribution in [2.24, 2.45) is 7.05 Å². The molecular formula is C17H21N3O3. The molecule has 1 aromatic carbocycles. The van der Waals surface area contributed by atoms with E-state index in [9.17, 15) is 9.59 Å². The van der Waals surface area contributed by atoms with E-state index in [4.69, 9.17) is 5.11 Å². The molecule has 2 N–H and O–H groups in total. The van der Waals surface area contributed by atoms with E-state index >= 15 is 0 Å². The number of hydrogen-bond acceptors (Lipinski definition) is 3. The highest BCUT2D eigenvalue weighted by molar-refractivity contribution is 5.92. The van der Waals surface area contributed by atoms with Gasteiger partial charge in [0.15, 0.2) is 0 Å². The van der Waals surface area contributed by atoms with Crippen LogP contribution in [0.1, 0.15) is 51.9 Å². The lowest BCUT2D eigenvalue weighted by molar-refractivity contribution is 0.0696. The van der Waals surface area contributed by atoms with Gasteiger partial charge < -0.3 is 10.4 Å². The van der Waals surface area contributed by atoms with E-state index in [1.54, 1.807) is 36.0 Å². The number of benzene rings is 1. The summed E-state index contributed by atoms with van der Waals surface area (Å²) in [7, 11) is 1.75. The summed E-state index contributed by atoms with van der Waals surface area (Å²) in [6.45, 7) is 4.49. The van der Waals surface area contributed by atoms with Gasteiger partial charge in [0.25, 0.3) is 5.91 Å². The zero-order chi connectivity index (χ0) is 17.0. The quantitative estimate of drug-likeness (QED) is 0.856. The average molecular weight is 315 g/mol. The maximum Gasteiger partial charge on any atom is 0.335 e. The molecule has 0 aliphatic rings. The van der Waals surface area contributed by atoms with E-state index in [1.807, 2.05) is 19.9 Å². The molecule has 0 atom stereocenters. The predicted molar refractivity (Wildman–Crippen MR) is 86.7 cm³/mol. The first-order valence-electron chi connectivity index (χ1n) is 7.53. The lowest BCUT2D eigenvalue weighted by Gasteiger charge is -2.06. The maximum atomic E-state index is 12.2. The van der Waals surface area contributed by atoms with Crippen molar-refractivity contribution >= 4 is 11.9 Å². The van der Waals surface area contributed by atoms with Crippen molar-refractivity contribution in [3.8, 4) is 0 Å². The largest absolute Gasteiger partial charge is 0.478 e. The summed E-state index contributed by atoms with van der Waals surface area (Å²) in [5, 5.41) is 16.1. The van der Waals surface area contributed by atoms with Gasteiger partial charge in [-0.2, -0.15) is 5.10 Å². The number of aromatic carboxylic acids is 1. The fourth-order valence-corrected chi connectivity index (χ4v) is 2.25. The van der Waals surface area contributed by atoms with Crippen molar-refractivity contribution in [3.63, 3.8) is 0 Å². The van der Waals surface area contributed by atoms with Crippen LogP contribution in [0.15, 0.2) is 30.3 Å². The number of nitrogens with one attached hydrogen (secondary N) is 1. The van der Waals surface area contributed by atoms with Gasteiger partial charge in [0.2, 0.25) is 0 Å². The lowest BCUT2D eigenvalue weighted by Crippen LogP contribution is -2.27. The van der Waals surface area contributed by atoms with E-state index in [0.717, 1.165) is 11.3 Å². The van der Waals surface area contributed by atoms with E-state index in [-0.39, 0.29) is 17.4 Å². The second-order valence-corrected chi connectivity index (χ2v) is 5.74. The predicted octanol–water partition coefficient (Wildman–Crippen LogP) is 2.21. The number of aryl methyl sites for hydroxylation is 1. The Bertz CT molecular complexity index is 720. The Labute approximate surface area is 135 Å². The third-order valence-corrected chi connectivity index (χ3v) is 3.60.